The molecule has 0 radical (unpaired) electrons. The fourth-order valence-corrected chi connectivity index (χ4v) is 2.72. The van der Waals surface area contributed by atoms with Crippen LogP contribution in [0.4, 0.5) is 0 Å². The van der Waals surface area contributed by atoms with Crippen LogP contribution in [0.2, 0.25) is 0 Å². The molecule has 0 saturated carbocycles. The van der Waals surface area contributed by atoms with Gasteiger partial charge in [0.15, 0.2) is 0 Å². The van der Waals surface area contributed by atoms with E-state index >= 15 is 0 Å². The predicted molar refractivity (Wildman–Crippen MR) is 93.1 cm³/mol. The van der Waals surface area contributed by atoms with Gasteiger partial charge in [-0.2, -0.15) is 0 Å². The zero-order chi connectivity index (χ0) is 17.4. The monoisotopic (exact) mass is 349 g/mol. The lowest BCUT2D eigenvalue weighted by Crippen LogP contribution is -2.29. The van der Waals surface area contributed by atoms with Crippen LogP contribution in [0.5, 0.6) is 5.75 Å². The highest BCUT2D eigenvalue weighted by Gasteiger charge is 2.10. The highest BCUT2D eigenvalue weighted by molar-refractivity contribution is 7.99. The number of rotatable bonds is 9. The summed E-state index contributed by atoms with van der Waals surface area (Å²) in [7, 11) is 0. The van der Waals surface area contributed by atoms with E-state index in [0.717, 1.165) is 17.9 Å². The van der Waals surface area contributed by atoms with Gasteiger partial charge in [0, 0.05) is 6.54 Å². The van der Waals surface area contributed by atoms with Crippen LogP contribution in [0.1, 0.15) is 19.4 Å². The molecule has 0 unspecified atom stereocenters. The highest BCUT2D eigenvalue weighted by Crippen LogP contribution is 2.14. The third-order valence-electron chi connectivity index (χ3n) is 3.05. The van der Waals surface area contributed by atoms with Gasteiger partial charge >= 0.3 is 0 Å². The molecule has 24 heavy (non-hydrogen) atoms. The van der Waals surface area contributed by atoms with Crippen LogP contribution in [0.25, 0.3) is 0 Å². The summed E-state index contributed by atoms with van der Waals surface area (Å²) in [4.78, 5) is 11.9. The maximum atomic E-state index is 11.9. The summed E-state index contributed by atoms with van der Waals surface area (Å²) < 4.78 is 7.32. The standard InChI is InChI=1S/C16H23N5O2S/c1-12(2)10-21-16(18-19-20-21)24-11-15(22)17-7-8-23-14-6-4-5-13(3)9-14/h4-6,9,12H,7-8,10-11H2,1-3H3,(H,17,22). The lowest BCUT2D eigenvalue weighted by atomic mass is 10.2. The SMILES string of the molecule is Cc1cccc(OCCNC(=O)CSc2nnnn2CC(C)C)c1. The van der Waals surface area contributed by atoms with Crippen molar-refractivity contribution in [2.45, 2.75) is 32.5 Å². The number of amides is 1. The first kappa shape index (κ1) is 18.3. The molecule has 7 nitrogen and oxygen atoms in total. The Balaban J connectivity index is 1.66. The van der Waals surface area contributed by atoms with Crippen molar-refractivity contribution >= 4 is 17.7 Å². The van der Waals surface area contributed by atoms with Crippen LogP contribution in [0, 0.1) is 12.8 Å². The summed E-state index contributed by atoms with van der Waals surface area (Å²) in [6.45, 7) is 7.84. The first-order chi connectivity index (χ1) is 11.5. The molecule has 0 atom stereocenters. The Kier molecular flexibility index (Phi) is 7.05. The molecular weight excluding hydrogens is 326 g/mol. The molecule has 0 saturated heterocycles. The summed E-state index contributed by atoms with van der Waals surface area (Å²) in [5.74, 6) is 1.47. The Morgan fingerprint density at radius 2 is 2.25 bits per heavy atom. The quantitative estimate of drug-likeness (QED) is 0.550. The minimum Gasteiger partial charge on any atom is -0.492 e. The third kappa shape index (κ3) is 6.19. The largest absolute Gasteiger partial charge is 0.492 e. The number of aryl methyl sites for hydroxylation is 1. The highest BCUT2D eigenvalue weighted by atomic mass is 32.2. The normalized spacial score (nSPS) is 10.8. The second kappa shape index (κ2) is 9.27. The maximum absolute atomic E-state index is 11.9. The van der Waals surface area contributed by atoms with E-state index < -0.39 is 0 Å². The summed E-state index contributed by atoms with van der Waals surface area (Å²) in [5.41, 5.74) is 1.15. The average Bonchev–Trinajstić information content (AvgIpc) is 2.96. The minimum atomic E-state index is -0.0630. The lowest BCUT2D eigenvalue weighted by molar-refractivity contribution is -0.118. The van der Waals surface area contributed by atoms with Gasteiger partial charge in [-0.05, 0) is 41.0 Å². The molecule has 1 aromatic carbocycles. The predicted octanol–water partition coefficient (Wildman–Crippen LogP) is 1.92. The van der Waals surface area contributed by atoms with Crippen LogP contribution in [0.15, 0.2) is 29.4 Å². The van der Waals surface area contributed by atoms with Gasteiger partial charge in [0.25, 0.3) is 0 Å². The van der Waals surface area contributed by atoms with E-state index in [1.54, 1.807) is 4.68 Å². The third-order valence-corrected chi connectivity index (χ3v) is 4.01. The molecule has 0 aliphatic heterocycles. The molecule has 0 fully saturated rings. The van der Waals surface area contributed by atoms with E-state index in [9.17, 15) is 4.79 Å². The van der Waals surface area contributed by atoms with Gasteiger partial charge in [-0.1, -0.05) is 37.7 Å². The number of thioether (sulfide) groups is 1. The van der Waals surface area contributed by atoms with Gasteiger partial charge in [0.05, 0.1) is 12.3 Å². The Bertz CT molecular complexity index is 659. The van der Waals surface area contributed by atoms with Gasteiger partial charge in [-0.25, -0.2) is 4.68 Å². The number of carbonyl (C=O) groups excluding carboxylic acids is 1. The van der Waals surface area contributed by atoms with Crippen LogP contribution in [-0.4, -0.2) is 45.0 Å². The molecule has 1 aromatic heterocycles. The van der Waals surface area contributed by atoms with Crippen molar-refractivity contribution in [3.05, 3.63) is 29.8 Å². The fourth-order valence-electron chi connectivity index (χ4n) is 2.01. The zero-order valence-electron chi connectivity index (χ0n) is 14.2. The summed E-state index contributed by atoms with van der Waals surface area (Å²) in [6.07, 6.45) is 0. The molecular formula is C16H23N5O2S. The van der Waals surface area contributed by atoms with Crippen molar-refractivity contribution in [3.63, 3.8) is 0 Å². The van der Waals surface area contributed by atoms with Crippen molar-refractivity contribution in [1.82, 2.24) is 25.5 Å². The molecule has 1 N–H and O–H groups in total. The van der Waals surface area contributed by atoms with Gasteiger partial charge in [0.1, 0.15) is 12.4 Å². The number of ether oxygens (including phenoxy) is 1. The average molecular weight is 349 g/mol. The Morgan fingerprint density at radius 3 is 3.00 bits per heavy atom. The zero-order valence-corrected chi connectivity index (χ0v) is 15.0. The van der Waals surface area contributed by atoms with Crippen LogP contribution in [0.3, 0.4) is 0 Å². The van der Waals surface area contributed by atoms with Gasteiger partial charge in [-0.3, -0.25) is 4.79 Å². The van der Waals surface area contributed by atoms with E-state index in [2.05, 4.69) is 34.7 Å². The Labute approximate surface area is 146 Å². The molecule has 0 aliphatic carbocycles. The molecule has 2 aromatic rings. The molecule has 0 spiro atoms. The van der Waals surface area contributed by atoms with E-state index in [1.807, 2.05) is 31.2 Å². The maximum Gasteiger partial charge on any atom is 0.230 e. The topological polar surface area (TPSA) is 81.9 Å². The molecule has 8 heteroatoms. The van der Waals surface area contributed by atoms with Gasteiger partial charge in [-0.15, -0.1) is 5.10 Å². The number of nitrogens with zero attached hydrogens (tertiary/aromatic N) is 4. The number of carbonyl (C=O) groups is 1. The number of benzene rings is 1. The summed E-state index contributed by atoms with van der Waals surface area (Å²) >= 11 is 1.33. The fraction of sp³-hybridized carbons (Fsp3) is 0.500. The van der Waals surface area contributed by atoms with Crippen LogP contribution in [-0.2, 0) is 11.3 Å². The van der Waals surface area contributed by atoms with E-state index in [0.29, 0.717) is 24.2 Å². The number of aromatic nitrogens is 4. The molecule has 2 rings (SSSR count). The van der Waals surface area contributed by atoms with Gasteiger partial charge < -0.3 is 10.1 Å². The first-order valence-corrected chi connectivity index (χ1v) is 8.88. The molecule has 0 bridgehead atoms. The van der Waals surface area contributed by atoms with Crippen molar-refractivity contribution in [1.29, 1.82) is 0 Å². The molecule has 130 valence electrons. The smallest absolute Gasteiger partial charge is 0.230 e. The summed E-state index contributed by atoms with van der Waals surface area (Å²) in [6, 6.07) is 7.82. The Morgan fingerprint density at radius 1 is 1.42 bits per heavy atom. The molecule has 0 aliphatic rings. The second-order valence-electron chi connectivity index (χ2n) is 5.84. The van der Waals surface area contributed by atoms with E-state index in [-0.39, 0.29) is 11.7 Å². The number of tetrazole rings is 1. The van der Waals surface area contributed by atoms with Crippen molar-refractivity contribution < 1.29 is 9.53 Å². The second-order valence-corrected chi connectivity index (χ2v) is 6.78. The number of hydrogen-bond acceptors (Lipinski definition) is 6. The number of hydrogen-bond donors (Lipinski definition) is 1. The molecule has 1 heterocycles. The van der Waals surface area contributed by atoms with E-state index in [1.165, 1.54) is 11.8 Å². The van der Waals surface area contributed by atoms with Crippen molar-refractivity contribution in [2.24, 2.45) is 5.92 Å². The minimum absolute atomic E-state index is 0.0630. The lowest BCUT2D eigenvalue weighted by Gasteiger charge is -2.09. The van der Waals surface area contributed by atoms with Gasteiger partial charge in [0.2, 0.25) is 11.1 Å². The van der Waals surface area contributed by atoms with Crippen molar-refractivity contribution in [2.75, 3.05) is 18.9 Å². The first-order valence-electron chi connectivity index (χ1n) is 7.89. The molecule has 1 amide bonds. The Hall–Kier alpha value is -2.09. The number of nitrogens with one attached hydrogen (secondary N) is 1. The van der Waals surface area contributed by atoms with E-state index in [4.69, 9.17) is 4.74 Å². The van der Waals surface area contributed by atoms with Crippen LogP contribution < -0.4 is 10.1 Å². The van der Waals surface area contributed by atoms with Crippen LogP contribution >= 0.6 is 11.8 Å². The summed E-state index contributed by atoms with van der Waals surface area (Å²) in [5, 5.41) is 15.0. The van der Waals surface area contributed by atoms with Crippen molar-refractivity contribution in [3.8, 4) is 5.75 Å².